The standard InChI is InChI=1S/C10H15N3OS/c1-7(14)10-8(11)6-9(15-10)13-4-2-12-3-5-13/h6,12H,2-5,11H2,1H3. The molecule has 5 heteroatoms. The number of hydrogen-bond donors (Lipinski definition) is 2. The number of ketones is 1. The fourth-order valence-corrected chi connectivity index (χ4v) is 2.73. The van der Waals surface area contributed by atoms with Crippen LogP contribution in [0.1, 0.15) is 16.6 Å². The molecule has 0 atom stereocenters. The molecule has 15 heavy (non-hydrogen) atoms. The predicted octanol–water partition coefficient (Wildman–Crippen LogP) is 0.942. The Hall–Kier alpha value is -1.07. The normalized spacial score (nSPS) is 16.7. The van der Waals surface area contributed by atoms with E-state index in [9.17, 15) is 4.79 Å². The maximum Gasteiger partial charge on any atom is 0.171 e. The molecule has 4 nitrogen and oxygen atoms in total. The molecule has 1 aromatic heterocycles. The van der Waals surface area contributed by atoms with Crippen molar-refractivity contribution in [2.24, 2.45) is 0 Å². The first-order chi connectivity index (χ1) is 7.18. The monoisotopic (exact) mass is 225 g/mol. The molecule has 0 aliphatic carbocycles. The Kier molecular flexibility index (Phi) is 2.93. The van der Waals surface area contributed by atoms with Gasteiger partial charge in [0.05, 0.1) is 15.6 Å². The van der Waals surface area contributed by atoms with Gasteiger partial charge in [-0.1, -0.05) is 0 Å². The van der Waals surface area contributed by atoms with Crippen LogP contribution in [0.15, 0.2) is 6.07 Å². The predicted molar refractivity (Wildman–Crippen MR) is 63.8 cm³/mol. The van der Waals surface area contributed by atoms with Crippen LogP contribution in [0.5, 0.6) is 0 Å². The number of thiophene rings is 1. The van der Waals surface area contributed by atoms with Gasteiger partial charge in [-0.2, -0.15) is 0 Å². The van der Waals surface area contributed by atoms with Crippen LogP contribution < -0.4 is 16.0 Å². The second kappa shape index (κ2) is 4.20. The van der Waals surface area contributed by atoms with Gasteiger partial charge in [0.25, 0.3) is 0 Å². The highest BCUT2D eigenvalue weighted by atomic mass is 32.1. The van der Waals surface area contributed by atoms with E-state index >= 15 is 0 Å². The van der Waals surface area contributed by atoms with E-state index in [0.717, 1.165) is 31.2 Å². The molecule has 0 spiro atoms. The molecule has 82 valence electrons. The zero-order chi connectivity index (χ0) is 10.8. The molecule has 0 bridgehead atoms. The molecule has 1 aliphatic rings. The van der Waals surface area contributed by atoms with Gasteiger partial charge in [-0.25, -0.2) is 0 Å². The number of anilines is 2. The maximum absolute atomic E-state index is 11.3. The van der Waals surface area contributed by atoms with Gasteiger partial charge < -0.3 is 16.0 Å². The van der Waals surface area contributed by atoms with E-state index < -0.39 is 0 Å². The molecule has 1 aromatic rings. The first kappa shape index (κ1) is 10.4. The third-order valence-corrected chi connectivity index (χ3v) is 3.81. The number of nitrogen functional groups attached to an aromatic ring is 1. The first-order valence-corrected chi connectivity index (χ1v) is 5.86. The molecule has 0 unspecified atom stereocenters. The minimum Gasteiger partial charge on any atom is -0.397 e. The van der Waals surface area contributed by atoms with E-state index in [-0.39, 0.29) is 5.78 Å². The lowest BCUT2D eigenvalue weighted by Gasteiger charge is -2.27. The Bertz CT molecular complexity index is 369. The van der Waals surface area contributed by atoms with Crippen molar-refractivity contribution in [1.82, 2.24) is 5.32 Å². The van der Waals surface area contributed by atoms with Crippen LogP contribution in [0.4, 0.5) is 10.7 Å². The van der Waals surface area contributed by atoms with Crippen LogP contribution in [0.25, 0.3) is 0 Å². The average molecular weight is 225 g/mol. The Morgan fingerprint density at radius 2 is 2.20 bits per heavy atom. The molecule has 1 fully saturated rings. The van der Waals surface area contributed by atoms with E-state index in [2.05, 4.69) is 10.2 Å². The Balaban J connectivity index is 2.21. The largest absolute Gasteiger partial charge is 0.397 e. The Morgan fingerprint density at radius 1 is 1.53 bits per heavy atom. The van der Waals surface area contributed by atoms with Crippen molar-refractivity contribution < 1.29 is 4.79 Å². The number of Topliss-reactive ketones (excluding diaryl/α,β-unsaturated/α-hetero) is 1. The second-order valence-electron chi connectivity index (χ2n) is 3.66. The second-order valence-corrected chi connectivity index (χ2v) is 4.69. The highest BCUT2D eigenvalue weighted by Crippen LogP contribution is 2.32. The van der Waals surface area contributed by atoms with Crippen LogP contribution in [-0.2, 0) is 0 Å². The summed E-state index contributed by atoms with van der Waals surface area (Å²) in [6.45, 7) is 5.51. The summed E-state index contributed by atoms with van der Waals surface area (Å²) in [5.41, 5.74) is 6.41. The fraction of sp³-hybridized carbons (Fsp3) is 0.500. The minimum absolute atomic E-state index is 0.0545. The van der Waals surface area contributed by atoms with Gasteiger partial charge >= 0.3 is 0 Å². The number of hydrogen-bond acceptors (Lipinski definition) is 5. The molecular weight excluding hydrogens is 210 g/mol. The molecule has 2 heterocycles. The van der Waals surface area contributed by atoms with Crippen LogP contribution in [0.2, 0.25) is 0 Å². The van der Waals surface area contributed by atoms with Gasteiger partial charge in [0.2, 0.25) is 0 Å². The smallest absolute Gasteiger partial charge is 0.171 e. The summed E-state index contributed by atoms with van der Waals surface area (Å²) < 4.78 is 0. The lowest BCUT2D eigenvalue weighted by Crippen LogP contribution is -2.43. The number of piperazine rings is 1. The molecule has 0 saturated carbocycles. The number of nitrogens with zero attached hydrogens (tertiary/aromatic N) is 1. The van der Waals surface area contributed by atoms with Gasteiger partial charge in [0, 0.05) is 33.1 Å². The molecular formula is C10H15N3OS. The summed E-state index contributed by atoms with van der Waals surface area (Å²) in [5.74, 6) is 0.0545. The van der Waals surface area contributed by atoms with Gasteiger partial charge in [-0.15, -0.1) is 11.3 Å². The Labute approximate surface area is 93.1 Å². The first-order valence-electron chi connectivity index (χ1n) is 5.04. The van der Waals surface area contributed by atoms with Crippen molar-refractivity contribution in [3.63, 3.8) is 0 Å². The Morgan fingerprint density at radius 3 is 2.73 bits per heavy atom. The quantitative estimate of drug-likeness (QED) is 0.736. The number of nitrogens with two attached hydrogens (primary N) is 1. The molecule has 0 aromatic carbocycles. The summed E-state index contributed by atoms with van der Waals surface area (Å²) in [6.07, 6.45) is 0. The van der Waals surface area contributed by atoms with E-state index in [1.54, 1.807) is 6.92 Å². The lowest BCUT2D eigenvalue weighted by atomic mass is 10.3. The summed E-state index contributed by atoms with van der Waals surface area (Å²) in [7, 11) is 0. The average Bonchev–Trinajstić information content (AvgIpc) is 2.62. The van der Waals surface area contributed by atoms with Crippen molar-refractivity contribution >= 4 is 27.8 Å². The lowest BCUT2D eigenvalue weighted by molar-refractivity contribution is 0.102. The van der Waals surface area contributed by atoms with E-state index in [0.29, 0.717) is 10.6 Å². The molecule has 0 amide bonds. The molecule has 2 rings (SSSR count). The van der Waals surface area contributed by atoms with E-state index in [1.807, 2.05) is 6.07 Å². The van der Waals surface area contributed by atoms with Gasteiger partial charge in [-0.05, 0) is 6.07 Å². The van der Waals surface area contributed by atoms with E-state index in [1.165, 1.54) is 11.3 Å². The van der Waals surface area contributed by atoms with Crippen LogP contribution in [-0.4, -0.2) is 32.0 Å². The zero-order valence-corrected chi connectivity index (χ0v) is 9.56. The van der Waals surface area contributed by atoms with Crippen LogP contribution >= 0.6 is 11.3 Å². The highest BCUT2D eigenvalue weighted by molar-refractivity contribution is 7.18. The summed E-state index contributed by atoms with van der Waals surface area (Å²) in [6, 6.07) is 1.91. The number of nitrogens with one attached hydrogen (secondary N) is 1. The third-order valence-electron chi connectivity index (χ3n) is 2.50. The van der Waals surface area contributed by atoms with Gasteiger partial charge in [-0.3, -0.25) is 4.79 Å². The molecule has 1 saturated heterocycles. The van der Waals surface area contributed by atoms with Crippen molar-refractivity contribution in [2.75, 3.05) is 36.8 Å². The molecule has 0 radical (unpaired) electrons. The van der Waals surface area contributed by atoms with Crippen molar-refractivity contribution in [2.45, 2.75) is 6.92 Å². The summed E-state index contributed by atoms with van der Waals surface area (Å²) in [5, 5.41) is 4.40. The SMILES string of the molecule is CC(=O)c1sc(N2CCNCC2)cc1N. The topological polar surface area (TPSA) is 58.4 Å². The van der Waals surface area contributed by atoms with Crippen molar-refractivity contribution in [1.29, 1.82) is 0 Å². The highest BCUT2D eigenvalue weighted by Gasteiger charge is 2.16. The minimum atomic E-state index is 0.0545. The van der Waals surface area contributed by atoms with Crippen molar-refractivity contribution in [3.8, 4) is 0 Å². The van der Waals surface area contributed by atoms with Crippen molar-refractivity contribution in [3.05, 3.63) is 10.9 Å². The summed E-state index contributed by atoms with van der Waals surface area (Å²) in [4.78, 5) is 14.2. The fourth-order valence-electron chi connectivity index (χ4n) is 1.71. The number of carbonyl (C=O) groups excluding carboxylic acids is 1. The molecule has 3 N–H and O–H groups in total. The van der Waals surface area contributed by atoms with Gasteiger partial charge in [0.1, 0.15) is 0 Å². The van der Waals surface area contributed by atoms with Crippen LogP contribution in [0, 0.1) is 0 Å². The molecule has 1 aliphatic heterocycles. The van der Waals surface area contributed by atoms with Crippen LogP contribution in [0.3, 0.4) is 0 Å². The van der Waals surface area contributed by atoms with Gasteiger partial charge in [0.15, 0.2) is 5.78 Å². The number of carbonyl (C=O) groups is 1. The summed E-state index contributed by atoms with van der Waals surface area (Å²) >= 11 is 1.50. The zero-order valence-electron chi connectivity index (χ0n) is 8.75. The maximum atomic E-state index is 11.3. The number of rotatable bonds is 2. The third kappa shape index (κ3) is 2.13. The van der Waals surface area contributed by atoms with E-state index in [4.69, 9.17) is 5.73 Å².